The molecule has 10 heteroatoms. The molecule has 146 valence electrons. The third-order valence-electron chi connectivity index (χ3n) is 3.70. The molecule has 0 radical (unpaired) electrons. The van der Waals surface area contributed by atoms with E-state index in [1.54, 1.807) is 25.1 Å². The number of nitrogens with one attached hydrogen (secondary N) is 2. The molecule has 28 heavy (non-hydrogen) atoms. The maximum absolute atomic E-state index is 12.5. The number of nitrogens with zero attached hydrogens (tertiary/aromatic N) is 3. The lowest BCUT2D eigenvalue weighted by Crippen LogP contribution is -2.13. The van der Waals surface area contributed by atoms with E-state index in [0.29, 0.717) is 34.5 Å². The number of anilines is 3. The molecule has 0 unspecified atom stereocenters. The predicted octanol–water partition coefficient (Wildman–Crippen LogP) is 2.79. The molecule has 2 N–H and O–H groups in total. The van der Waals surface area contributed by atoms with E-state index < -0.39 is 5.91 Å². The van der Waals surface area contributed by atoms with Crippen LogP contribution in [0.4, 0.5) is 17.5 Å². The number of ether oxygens (including phenoxy) is 3. The minimum absolute atomic E-state index is 0.274. The summed E-state index contributed by atoms with van der Waals surface area (Å²) in [5.41, 5.74) is 0.746. The maximum atomic E-state index is 12.5. The first-order chi connectivity index (χ1) is 13.5. The van der Waals surface area contributed by atoms with Crippen molar-refractivity contribution in [3.63, 3.8) is 0 Å². The van der Waals surface area contributed by atoms with Crippen LogP contribution in [-0.2, 0) is 0 Å². The molecule has 0 aliphatic carbocycles. The number of hydrogen-bond acceptors (Lipinski definition) is 9. The third-order valence-corrected chi connectivity index (χ3v) is 3.70. The highest BCUT2D eigenvalue weighted by Gasteiger charge is 2.15. The normalized spacial score (nSPS) is 10.3. The van der Waals surface area contributed by atoms with Gasteiger partial charge < -0.3 is 29.4 Å². The summed E-state index contributed by atoms with van der Waals surface area (Å²) < 4.78 is 20.8. The molecular weight excluding hydrogens is 366 g/mol. The predicted molar refractivity (Wildman–Crippen MR) is 101 cm³/mol. The van der Waals surface area contributed by atoms with Crippen LogP contribution in [0.5, 0.6) is 17.2 Å². The van der Waals surface area contributed by atoms with Gasteiger partial charge in [-0.3, -0.25) is 4.79 Å². The molecule has 3 aromatic rings. The molecule has 0 atom stereocenters. The first-order valence-corrected chi connectivity index (χ1v) is 8.17. The Balaban J connectivity index is 1.74. The van der Waals surface area contributed by atoms with Crippen molar-refractivity contribution in [1.29, 1.82) is 0 Å². The molecule has 1 aromatic carbocycles. The number of aromatic nitrogens is 3. The molecule has 1 amide bonds. The highest BCUT2D eigenvalue weighted by atomic mass is 16.5. The minimum Gasteiger partial charge on any atom is -0.493 e. The lowest BCUT2D eigenvalue weighted by atomic mass is 10.2. The summed E-state index contributed by atoms with van der Waals surface area (Å²) in [6, 6.07) is 4.96. The summed E-state index contributed by atoms with van der Waals surface area (Å²) in [5, 5.41) is 9.42. The van der Waals surface area contributed by atoms with E-state index in [-0.39, 0.29) is 11.5 Å². The molecule has 0 spiro atoms. The van der Waals surface area contributed by atoms with E-state index in [1.807, 2.05) is 0 Å². The summed E-state index contributed by atoms with van der Waals surface area (Å²) in [6.45, 7) is 1.77. The molecule has 2 aromatic heterocycles. The van der Waals surface area contributed by atoms with Crippen LogP contribution < -0.4 is 24.8 Å². The average molecular weight is 385 g/mol. The largest absolute Gasteiger partial charge is 0.493 e. The van der Waals surface area contributed by atoms with Crippen molar-refractivity contribution < 1.29 is 23.5 Å². The number of methoxy groups -OCH3 is 3. The molecular formula is C18H19N5O5. The fraction of sp³-hybridized carbons (Fsp3) is 0.222. The van der Waals surface area contributed by atoms with Gasteiger partial charge in [-0.25, -0.2) is 9.97 Å². The fourth-order valence-corrected chi connectivity index (χ4v) is 2.41. The van der Waals surface area contributed by atoms with E-state index in [0.717, 1.165) is 0 Å². The van der Waals surface area contributed by atoms with Crippen molar-refractivity contribution in [3.05, 3.63) is 41.9 Å². The van der Waals surface area contributed by atoms with Crippen LogP contribution in [0.15, 0.2) is 35.1 Å². The van der Waals surface area contributed by atoms with Gasteiger partial charge in [0.25, 0.3) is 5.91 Å². The SMILES string of the molecule is COc1cc(NC(=O)c2cnc(Nc3cc(C)on3)nc2)cc(OC)c1OC. The summed E-state index contributed by atoms with van der Waals surface area (Å²) >= 11 is 0. The van der Waals surface area contributed by atoms with Crippen molar-refractivity contribution in [2.75, 3.05) is 32.0 Å². The lowest BCUT2D eigenvalue weighted by molar-refractivity contribution is 0.102. The molecule has 10 nitrogen and oxygen atoms in total. The van der Waals surface area contributed by atoms with Crippen LogP contribution >= 0.6 is 0 Å². The smallest absolute Gasteiger partial charge is 0.258 e. The zero-order valence-corrected chi connectivity index (χ0v) is 15.8. The zero-order chi connectivity index (χ0) is 20.1. The van der Waals surface area contributed by atoms with Crippen LogP contribution in [0.1, 0.15) is 16.1 Å². The Kier molecular flexibility index (Phi) is 5.58. The van der Waals surface area contributed by atoms with Crippen molar-refractivity contribution in [1.82, 2.24) is 15.1 Å². The Morgan fingerprint density at radius 1 is 1.00 bits per heavy atom. The number of benzene rings is 1. The maximum Gasteiger partial charge on any atom is 0.258 e. The van der Waals surface area contributed by atoms with Crippen LogP contribution in [0, 0.1) is 6.92 Å². The van der Waals surface area contributed by atoms with E-state index >= 15 is 0 Å². The number of carbonyl (C=O) groups excluding carboxylic acids is 1. The zero-order valence-electron chi connectivity index (χ0n) is 15.8. The van der Waals surface area contributed by atoms with Crippen molar-refractivity contribution >= 4 is 23.4 Å². The Labute approximate surface area is 160 Å². The van der Waals surface area contributed by atoms with Gasteiger partial charge in [-0.1, -0.05) is 5.16 Å². The Bertz CT molecular complexity index is 946. The van der Waals surface area contributed by atoms with Gasteiger partial charge in [-0.2, -0.15) is 0 Å². The Morgan fingerprint density at radius 2 is 1.64 bits per heavy atom. The van der Waals surface area contributed by atoms with E-state index in [9.17, 15) is 4.79 Å². The highest BCUT2D eigenvalue weighted by molar-refractivity contribution is 6.04. The van der Waals surface area contributed by atoms with E-state index in [4.69, 9.17) is 18.7 Å². The van der Waals surface area contributed by atoms with Gasteiger partial charge in [0, 0.05) is 36.3 Å². The van der Waals surface area contributed by atoms with Gasteiger partial charge in [-0.05, 0) is 6.92 Å². The van der Waals surface area contributed by atoms with E-state index in [1.165, 1.54) is 33.7 Å². The van der Waals surface area contributed by atoms with Crippen molar-refractivity contribution in [2.45, 2.75) is 6.92 Å². The van der Waals surface area contributed by atoms with Crippen LogP contribution in [-0.4, -0.2) is 42.4 Å². The monoisotopic (exact) mass is 385 g/mol. The summed E-state index contributed by atoms with van der Waals surface area (Å²) in [5.74, 6) is 2.32. The molecule has 0 fully saturated rings. The number of rotatable bonds is 7. The van der Waals surface area contributed by atoms with Crippen LogP contribution in [0.25, 0.3) is 0 Å². The molecule has 0 saturated heterocycles. The number of carbonyl (C=O) groups is 1. The van der Waals surface area contributed by atoms with Gasteiger partial charge in [0.2, 0.25) is 11.7 Å². The number of amides is 1. The summed E-state index contributed by atoms with van der Waals surface area (Å²) in [7, 11) is 4.50. The van der Waals surface area contributed by atoms with Gasteiger partial charge >= 0.3 is 0 Å². The topological polar surface area (TPSA) is 121 Å². The molecule has 3 rings (SSSR count). The third kappa shape index (κ3) is 4.11. The molecule has 2 heterocycles. The molecule has 0 bridgehead atoms. The van der Waals surface area contributed by atoms with Crippen LogP contribution in [0.3, 0.4) is 0 Å². The second kappa shape index (κ2) is 8.25. The first-order valence-electron chi connectivity index (χ1n) is 8.17. The summed E-state index contributed by atoms with van der Waals surface area (Å²) in [6.07, 6.45) is 2.80. The Hall–Kier alpha value is -3.82. The van der Waals surface area contributed by atoms with Gasteiger partial charge in [0.05, 0.1) is 26.9 Å². The average Bonchev–Trinajstić information content (AvgIpc) is 3.12. The lowest BCUT2D eigenvalue weighted by Gasteiger charge is -2.14. The quantitative estimate of drug-likeness (QED) is 0.632. The van der Waals surface area contributed by atoms with Crippen molar-refractivity contribution in [2.24, 2.45) is 0 Å². The second-order valence-corrected chi connectivity index (χ2v) is 5.61. The number of hydrogen-bond donors (Lipinski definition) is 2. The first kappa shape index (κ1) is 19.0. The van der Waals surface area contributed by atoms with Gasteiger partial charge in [0.1, 0.15) is 5.76 Å². The summed E-state index contributed by atoms with van der Waals surface area (Å²) in [4.78, 5) is 20.7. The molecule has 0 aliphatic heterocycles. The molecule has 0 saturated carbocycles. The van der Waals surface area contributed by atoms with Gasteiger partial charge in [-0.15, -0.1) is 0 Å². The van der Waals surface area contributed by atoms with Crippen LogP contribution in [0.2, 0.25) is 0 Å². The Morgan fingerprint density at radius 3 is 2.14 bits per heavy atom. The standard InChI is InChI=1S/C18H19N5O5/c1-10-5-15(23-28-10)22-18-19-8-11(9-20-18)17(24)21-12-6-13(25-2)16(27-4)14(7-12)26-3/h5-9H,1-4H3,(H,21,24)(H,19,20,22,23). The fourth-order valence-electron chi connectivity index (χ4n) is 2.41. The number of aryl methyl sites for hydroxylation is 1. The second-order valence-electron chi connectivity index (χ2n) is 5.61. The molecule has 0 aliphatic rings. The highest BCUT2D eigenvalue weighted by Crippen LogP contribution is 2.40. The van der Waals surface area contributed by atoms with E-state index in [2.05, 4.69) is 25.8 Å². The van der Waals surface area contributed by atoms with Gasteiger partial charge in [0.15, 0.2) is 17.3 Å². The van der Waals surface area contributed by atoms with Crippen molar-refractivity contribution in [3.8, 4) is 17.2 Å². The minimum atomic E-state index is -0.391.